The van der Waals surface area contributed by atoms with Gasteiger partial charge < -0.3 is 19.3 Å². The molecule has 0 aliphatic carbocycles. The Morgan fingerprint density at radius 3 is 2.75 bits per heavy atom. The van der Waals surface area contributed by atoms with Crippen molar-refractivity contribution in [1.82, 2.24) is 0 Å². The fourth-order valence-corrected chi connectivity index (χ4v) is 1.79. The summed E-state index contributed by atoms with van der Waals surface area (Å²) in [6.07, 6.45) is -0.500. The van der Waals surface area contributed by atoms with Crippen LogP contribution in [0.15, 0.2) is 24.3 Å². The monoisotopic (exact) mass is 224 g/mol. The molecule has 16 heavy (non-hydrogen) atoms. The summed E-state index contributed by atoms with van der Waals surface area (Å²) in [4.78, 5) is 0. The summed E-state index contributed by atoms with van der Waals surface area (Å²) < 4.78 is 15.8. The van der Waals surface area contributed by atoms with Gasteiger partial charge in [-0.05, 0) is 6.07 Å². The van der Waals surface area contributed by atoms with Crippen molar-refractivity contribution in [2.24, 2.45) is 0 Å². The Kier molecular flexibility index (Phi) is 3.77. The second-order valence-corrected chi connectivity index (χ2v) is 3.66. The minimum Gasteiger partial charge on any atom is -0.496 e. The van der Waals surface area contributed by atoms with Gasteiger partial charge in [-0.1, -0.05) is 18.2 Å². The Hall–Kier alpha value is -1.10. The number of methoxy groups -OCH3 is 1. The van der Waals surface area contributed by atoms with Crippen LogP contribution in [-0.2, 0) is 9.47 Å². The molecule has 1 aliphatic rings. The third kappa shape index (κ3) is 2.52. The largest absolute Gasteiger partial charge is 0.496 e. The highest BCUT2D eigenvalue weighted by molar-refractivity contribution is 5.34. The molecule has 88 valence electrons. The van der Waals surface area contributed by atoms with Gasteiger partial charge in [0.25, 0.3) is 0 Å². The van der Waals surface area contributed by atoms with Crippen molar-refractivity contribution in [3.63, 3.8) is 0 Å². The topological polar surface area (TPSA) is 47.9 Å². The van der Waals surface area contributed by atoms with Crippen LogP contribution in [0.1, 0.15) is 18.1 Å². The second kappa shape index (κ2) is 5.30. The molecule has 2 rings (SSSR count). The van der Waals surface area contributed by atoms with Crippen LogP contribution in [0.3, 0.4) is 0 Å². The van der Waals surface area contributed by atoms with E-state index in [1.807, 2.05) is 24.3 Å². The van der Waals surface area contributed by atoms with Gasteiger partial charge >= 0.3 is 0 Å². The Labute approximate surface area is 94.8 Å². The lowest BCUT2D eigenvalue weighted by Crippen LogP contribution is -2.13. The first-order valence-electron chi connectivity index (χ1n) is 5.35. The van der Waals surface area contributed by atoms with Gasteiger partial charge in [0.1, 0.15) is 5.75 Å². The molecule has 4 nitrogen and oxygen atoms in total. The normalized spacial score (nSPS) is 18.6. The molecular formula is C12H16O4. The van der Waals surface area contributed by atoms with Gasteiger partial charge in [0.15, 0.2) is 6.29 Å². The number of rotatable bonds is 4. The fraction of sp³-hybridized carbons (Fsp3) is 0.500. The van der Waals surface area contributed by atoms with Crippen LogP contribution < -0.4 is 4.74 Å². The van der Waals surface area contributed by atoms with Gasteiger partial charge in [-0.25, -0.2) is 0 Å². The zero-order valence-electron chi connectivity index (χ0n) is 9.26. The minimum atomic E-state index is -0.626. The van der Waals surface area contributed by atoms with Gasteiger partial charge in [0.05, 0.1) is 26.4 Å². The van der Waals surface area contributed by atoms with E-state index in [2.05, 4.69) is 0 Å². The van der Waals surface area contributed by atoms with Crippen LogP contribution >= 0.6 is 0 Å². The highest BCUT2D eigenvalue weighted by Crippen LogP contribution is 2.29. The van der Waals surface area contributed by atoms with E-state index in [0.717, 1.165) is 5.56 Å². The molecule has 1 atom stereocenters. The number of hydrogen-bond donors (Lipinski definition) is 1. The van der Waals surface area contributed by atoms with Crippen molar-refractivity contribution in [3.8, 4) is 5.75 Å². The molecule has 1 fully saturated rings. The van der Waals surface area contributed by atoms with Crippen LogP contribution in [0, 0.1) is 0 Å². The Morgan fingerprint density at radius 1 is 1.38 bits per heavy atom. The Bertz CT molecular complexity index is 334. The number of aliphatic hydroxyl groups is 1. The minimum absolute atomic E-state index is 0.306. The molecule has 0 spiro atoms. The second-order valence-electron chi connectivity index (χ2n) is 3.66. The van der Waals surface area contributed by atoms with Crippen LogP contribution in [0.4, 0.5) is 0 Å². The first-order valence-corrected chi connectivity index (χ1v) is 5.35. The molecule has 1 aliphatic heterocycles. The number of hydrogen-bond acceptors (Lipinski definition) is 4. The standard InChI is InChI=1S/C12H16O4/c1-14-11-5-3-2-4-9(11)10(13)8-12-15-6-7-16-12/h2-5,10,12-13H,6-8H2,1H3. The van der Waals surface area contributed by atoms with Crippen molar-refractivity contribution in [2.75, 3.05) is 20.3 Å². The number of para-hydroxylation sites is 1. The average Bonchev–Trinajstić information content (AvgIpc) is 2.81. The molecular weight excluding hydrogens is 208 g/mol. The van der Waals surface area contributed by atoms with Crippen molar-refractivity contribution in [1.29, 1.82) is 0 Å². The van der Waals surface area contributed by atoms with Gasteiger partial charge in [-0.15, -0.1) is 0 Å². The Morgan fingerprint density at radius 2 is 2.06 bits per heavy atom. The van der Waals surface area contributed by atoms with Crippen LogP contribution in [0.5, 0.6) is 5.75 Å². The molecule has 1 unspecified atom stereocenters. The third-order valence-electron chi connectivity index (χ3n) is 2.60. The van der Waals surface area contributed by atoms with Gasteiger partial charge in [-0.2, -0.15) is 0 Å². The zero-order valence-corrected chi connectivity index (χ0v) is 9.26. The van der Waals surface area contributed by atoms with Crippen molar-refractivity contribution in [2.45, 2.75) is 18.8 Å². The molecule has 4 heteroatoms. The van der Waals surface area contributed by atoms with E-state index < -0.39 is 6.10 Å². The zero-order chi connectivity index (χ0) is 11.4. The van der Waals surface area contributed by atoms with E-state index in [0.29, 0.717) is 25.4 Å². The van der Waals surface area contributed by atoms with E-state index >= 15 is 0 Å². The van der Waals surface area contributed by atoms with Crippen LogP contribution in [-0.4, -0.2) is 31.7 Å². The summed E-state index contributed by atoms with van der Waals surface area (Å²) in [5.41, 5.74) is 0.768. The molecule has 0 amide bonds. The van der Waals surface area contributed by atoms with E-state index in [-0.39, 0.29) is 6.29 Å². The molecule has 1 heterocycles. The first-order chi connectivity index (χ1) is 7.81. The van der Waals surface area contributed by atoms with E-state index in [1.165, 1.54) is 0 Å². The number of benzene rings is 1. The first kappa shape index (κ1) is 11.4. The van der Waals surface area contributed by atoms with Gasteiger partial charge in [0.2, 0.25) is 0 Å². The summed E-state index contributed by atoms with van der Waals surface area (Å²) in [6, 6.07) is 7.42. The summed E-state index contributed by atoms with van der Waals surface area (Å²) in [7, 11) is 1.59. The smallest absolute Gasteiger partial charge is 0.160 e. The molecule has 1 aromatic rings. The summed E-state index contributed by atoms with van der Waals surface area (Å²) in [5, 5.41) is 10.1. The summed E-state index contributed by atoms with van der Waals surface area (Å²) in [6.45, 7) is 1.20. The van der Waals surface area contributed by atoms with E-state index in [4.69, 9.17) is 14.2 Å². The van der Waals surface area contributed by atoms with Crippen molar-refractivity contribution >= 4 is 0 Å². The van der Waals surface area contributed by atoms with Crippen molar-refractivity contribution in [3.05, 3.63) is 29.8 Å². The lowest BCUT2D eigenvalue weighted by atomic mass is 10.1. The van der Waals surface area contributed by atoms with Gasteiger partial charge in [-0.3, -0.25) is 0 Å². The van der Waals surface area contributed by atoms with Crippen LogP contribution in [0.2, 0.25) is 0 Å². The maximum absolute atomic E-state index is 10.1. The quantitative estimate of drug-likeness (QED) is 0.841. The number of ether oxygens (including phenoxy) is 3. The average molecular weight is 224 g/mol. The van der Waals surface area contributed by atoms with E-state index in [1.54, 1.807) is 7.11 Å². The van der Waals surface area contributed by atoms with Crippen molar-refractivity contribution < 1.29 is 19.3 Å². The Balaban J connectivity index is 2.04. The van der Waals surface area contributed by atoms with Crippen LogP contribution in [0.25, 0.3) is 0 Å². The van der Waals surface area contributed by atoms with Gasteiger partial charge in [0, 0.05) is 12.0 Å². The molecule has 0 radical (unpaired) electrons. The fourth-order valence-electron chi connectivity index (χ4n) is 1.79. The molecule has 1 N–H and O–H groups in total. The lowest BCUT2D eigenvalue weighted by molar-refractivity contribution is -0.0710. The molecule has 0 saturated carbocycles. The number of aliphatic hydroxyl groups excluding tert-OH is 1. The van der Waals surface area contributed by atoms with E-state index in [9.17, 15) is 5.11 Å². The molecule has 0 aromatic heterocycles. The SMILES string of the molecule is COc1ccccc1C(O)CC1OCCO1. The summed E-state index contributed by atoms with van der Waals surface area (Å²) >= 11 is 0. The highest BCUT2D eigenvalue weighted by atomic mass is 16.7. The molecule has 0 bridgehead atoms. The lowest BCUT2D eigenvalue weighted by Gasteiger charge is -2.17. The maximum atomic E-state index is 10.1. The highest BCUT2D eigenvalue weighted by Gasteiger charge is 2.22. The summed E-state index contributed by atoms with van der Waals surface area (Å²) in [5.74, 6) is 0.688. The third-order valence-corrected chi connectivity index (χ3v) is 2.60. The predicted octanol–water partition coefficient (Wildman–Crippen LogP) is 1.49. The molecule has 1 aromatic carbocycles. The maximum Gasteiger partial charge on any atom is 0.160 e. The molecule has 1 saturated heterocycles. The predicted molar refractivity (Wildman–Crippen MR) is 58.3 cm³/mol.